The molecule has 0 spiro atoms. The smallest absolute Gasteiger partial charge is 0.0639 e. The summed E-state index contributed by atoms with van der Waals surface area (Å²) < 4.78 is 0. The number of aliphatic hydroxyl groups is 1. The van der Waals surface area contributed by atoms with Gasteiger partial charge in [-0.2, -0.15) is 0 Å². The van der Waals surface area contributed by atoms with Crippen molar-refractivity contribution in [2.45, 2.75) is 56.5 Å². The molecule has 0 radical (unpaired) electrons. The first kappa shape index (κ1) is 11.3. The lowest BCUT2D eigenvalue weighted by molar-refractivity contribution is 0.00203. The number of hydrogen-bond acceptors (Lipinski definition) is 1. The summed E-state index contributed by atoms with van der Waals surface area (Å²) in [7, 11) is 0. The van der Waals surface area contributed by atoms with Gasteiger partial charge in [-0.15, -0.1) is 0 Å². The largest absolute Gasteiger partial charge is 0.392 e. The summed E-state index contributed by atoms with van der Waals surface area (Å²) in [5.41, 5.74) is 1.45. The summed E-state index contributed by atoms with van der Waals surface area (Å²) in [6.45, 7) is 0. The Morgan fingerprint density at radius 2 is 1.82 bits per heavy atom. The summed E-state index contributed by atoms with van der Waals surface area (Å²) in [4.78, 5) is 0. The molecule has 17 heavy (non-hydrogen) atoms. The van der Waals surface area contributed by atoms with E-state index < -0.39 is 0 Å². The molecule has 1 atom stereocenters. The van der Waals surface area contributed by atoms with Crippen molar-refractivity contribution in [1.29, 1.82) is 0 Å². The molecular formula is C16H22O. The van der Waals surface area contributed by atoms with Crippen LogP contribution in [0.1, 0.15) is 50.5 Å². The van der Waals surface area contributed by atoms with Crippen LogP contribution in [-0.2, 0) is 5.41 Å². The zero-order chi connectivity index (χ0) is 11.7. The first-order valence-corrected chi connectivity index (χ1v) is 7.05. The van der Waals surface area contributed by atoms with Gasteiger partial charge in [-0.25, -0.2) is 0 Å². The third-order valence-corrected chi connectivity index (χ3v) is 5.01. The van der Waals surface area contributed by atoms with Crippen molar-refractivity contribution >= 4 is 0 Å². The van der Waals surface area contributed by atoms with Crippen molar-refractivity contribution in [3.63, 3.8) is 0 Å². The van der Waals surface area contributed by atoms with E-state index in [4.69, 9.17) is 0 Å². The molecule has 0 bridgehead atoms. The lowest BCUT2D eigenvalue weighted by Crippen LogP contribution is -2.46. The van der Waals surface area contributed by atoms with Crippen LogP contribution in [0.2, 0.25) is 0 Å². The summed E-state index contributed by atoms with van der Waals surface area (Å²) in [5, 5.41) is 10.6. The van der Waals surface area contributed by atoms with E-state index in [-0.39, 0.29) is 11.5 Å². The van der Waals surface area contributed by atoms with Gasteiger partial charge in [-0.3, -0.25) is 0 Å². The van der Waals surface area contributed by atoms with E-state index in [0.29, 0.717) is 0 Å². The standard InChI is InChI=1S/C16H22O/c17-15(12-13-6-4-7-13)16(10-5-11-16)14-8-2-1-3-9-14/h1-3,8-9,13,15,17H,4-7,10-12H2. The highest BCUT2D eigenvalue weighted by Gasteiger charge is 2.45. The molecule has 3 rings (SSSR count). The molecule has 2 aliphatic rings. The van der Waals surface area contributed by atoms with Crippen LogP contribution in [0.4, 0.5) is 0 Å². The molecule has 1 aromatic carbocycles. The Morgan fingerprint density at radius 3 is 2.29 bits per heavy atom. The number of rotatable bonds is 4. The molecule has 0 aliphatic heterocycles. The molecule has 0 heterocycles. The van der Waals surface area contributed by atoms with Gasteiger partial charge < -0.3 is 5.11 Å². The summed E-state index contributed by atoms with van der Waals surface area (Å²) in [6, 6.07) is 10.7. The van der Waals surface area contributed by atoms with Crippen LogP contribution in [0.5, 0.6) is 0 Å². The maximum atomic E-state index is 10.6. The highest BCUT2D eigenvalue weighted by Crippen LogP contribution is 2.49. The van der Waals surface area contributed by atoms with Crippen LogP contribution in [0, 0.1) is 5.92 Å². The lowest BCUT2D eigenvalue weighted by atomic mass is 9.59. The van der Waals surface area contributed by atoms with Crippen LogP contribution in [0.15, 0.2) is 30.3 Å². The second-order valence-electron chi connectivity index (χ2n) is 5.92. The van der Waals surface area contributed by atoms with Gasteiger partial charge in [-0.1, -0.05) is 56.0 Å². The van der Waals surface area contributed by atoms with Gasteiger partial charge in [0.05, 0.1) is 6.10 Å². The minimum atomic E-state index is -0.121. The fraction of sp³-hybridized carbons (Fsp3) is 0.625. The predicted molar refractivity (Wildman–Crippen MR) is 69.9 cm³/mol. The summed E-state index contributed by atoms with van der Waals surface area (Å²) >= 11 is 0. The second kappa shape index (κ2) is 4.45. The van der Waals surface area contributed by atoms with Crippen LogP contribution < -0.4 is 0 Å². The second-order valence-corrected chi connectivity index (χ2v) is 5.92. The van der Waals surface area contributed by atoms with Gasteiger partial charge in [-0.05, 0) is 30.7 Å². The van der Waals surface area contributed by atoms with E-state index in [1.807, 2.05) is 0 Å². The van der Waals surface area contributed by atoms with Gasteiger partial charge in [0.25, 0.3) is 0 Å². The van der Waals surface area contributed by atoms with Gasteiger partial charge in [0.1, 0.15) is 0 Å². The van der Waals surface area contributed by atoms with E-state index in [9.17, 15) is 5.11 Å². The quantitative estimate of drug-likeness (QED) is 0.837. The van der Waals surface area contributed by atoms with Crippen molar-refractivity contribution in [3.8, 4) is 0 Å². The topological polar surface area (TPSA) is 20.2 Å². The maximum absolute atomic E-state index is 10.6. The van der Waals surface area contributed by atoms with E-state index in [1.165, 1.54) is 44.1 Å². The summed E-state index contributed by atoms with van der Waals surface area (Å²) in [5.74, 6) is 0.797. The Morgan fingerprint density at radius 1 is 1.12 bits per heavy atom. The molecule has 1 unspecified atom stereocenters. The highest BCUT2D eigenvalue weighted by atomic mass is 16.3. The number of hydrogen-bond donors (Lipinski definition) is 1. The molecule has 1 N–H and O–H groups in total. The number of benzene rings is 1. The van der Waals surface area contributed by atoms with Crippen LogP contribution >= 0.6 is 0 Å². The molecular weight excluding hydrogens is 208 g/mol. The Bertz CT molecular complexity index is 362. The van der Waals surface area contributed by atoms with Crippen molar-refractivity contribution < 1.29 is 5.11 Å². The zero-order valence-electron chi connectivity index (χ0n) is 10.4. The Balaban J connectivity index is 1.76. The van der Waals surface area contributed by atoms with E-state index in [1.54, 1.807) is 0 Å². The zero-order valence-corrected chi connectivity index (χ0v) is 10.4. The highest BCUT2D eigenvalue weighted by molar-refractivity contribution is 5.29. The van der Waals surface area contributed by atoms with Crippen molar-refractivity contribution in [3.05, 3.63) is 35.9 Å². The molecule has 0 amide bonds. The van der Waals surface area contributed by atoms with Gasteiger partial charge in [0.15, 0.2) is 0 Å². The normalized spacial score (nSPS) is 24.8. The fourth-order valence-corrected chi connectivity index (χ4v) is 3.41. The van der Waals surface area contributed by atoms with Crippen molar-refractivity contribution in [2.75, 3.05) is 0 Å². The fourth-order valence-electron chi connectivity index (χ4n) is 3.41. The third-order valence-electron chi connectivity index (χ3n) is 5.01. The molecule has 0 saturated heterocycles. The third kappa shape index (κ3) is 1.91. The molecule has 2 fully saturated rings. The monoisotopic (exact) mass is 230 g/mol. The molecule has 92 valence electrons. The van der Waals surface area contributed by atoms with E-state index in [2.05, 4.69) is 30.3 Å². The van der Waals surface area contributed by atoms with Gasteiger partial charge in [0.2, 0.25) is 0 Å². The maximum Gasteiger partial charge on any atom is 0.0639 e. The van der Waals surface area contributed by atoms with E-state index >= 15 is 0 Å². The Kier molecular flexibility index (Phi) is 2.96. The molecule has 1 heteroatoms. The van der Waals surface area contributed by atoms with Gasteiger partial charge in [0, 0.05) is 5.41 Å². The van der Waals surface area contributed by atoms with Crippen LogP contribution in [0.25, 0.3) is 0 Å². The molecule has 1 nitrogen and oxygen atoms in total. The predicted octanol–water partition coefficient (Wildman–Crippen LogP) is 3.66. The molecule has 1 aromatic rings. The van der Waals surface area contributed by atoms with E-state index in [0.717, 1.165) is 12.3 Å². The van der Waals surface area contributed by atoms with Crippen LogP contribution in [-0.4, -0.2) is 11.2 Å². The molecule has 2 saturated carbocycles. The SMILES string of the molecule is OC(CC1CCC1)C1(c2ccccc2)CCC1. The van der Waals surface area contributed by atoms with Crippen molar-refractivity contribution in [2.24, 2.45) is 5.92 Å². The average Bonchev–Trinajstić information content (AvgIpc) is 2.24. The van der Waals surface area contributed by atoms with Gasteiger partial charge >= 0.3 is 0 Å². The Labute approximate surface area is 104 Å². The molecule has 0 aromatic heterocycles. The lowest BCUT2D eigenvalue weighted by Gasteiger charge is -2.47. The number of aliphatic hydroxyl groups excluding tert-OH is 1. The van der Waals surface area contributed by atoms with Crippen molar-refractivity contribution in [1.82, 2.24) is 0 Å². The average molecular weight is 230 g/mol. The summed E-state index contributed by atoms with van der Waals surface area (Å²) in [6.07, 6.45) is 8.56. The minimum absolute atomic E-state index is 0.0941. The first-order chi connectivity index (χ1) is 8.31. The minimum Gasteiger partial charge on any atom is -0.392 e. The Hall–Kier alpha value is -0.820. The van der Waals surface area contributed by atoms with Crippen LogP contribution in [0.3, 0.4) is 0 Å². The molecule has 2 aliphatic carbocycles. The first-order valence-electron chi connectivity index (χ1n) is 7.05.